The zero-order chi connectivity index (χ0) is 42.6. The predicted molar refractivity (Wildman–Crippen MR) is 221 cm³/mol. The molecule has 0 amide bonds. The van der Waals surface area contributed by atoms with Crippen molar-refractivity contribution in [2.45, 2.75) is 153 Å². The van der Waals surface area contributed by atoms with E-state index in [0.29, 0.717) is 25.7 Å². The topological polar surface area (TPSA) is 181 Å². The van der Waals surface area contributed by atoms with E-state index in [1.807, 2.05) is 33.8 Å². The number of ketones is 1. The van der Waals surface area contributed by atoms with E-state index in [0.717, 1.165) is 50.0 Å². The summed E-state index contributed by atoms with van der Waals surface area (Å²) < 4.78 is 50.9. The standard InChI is InChI=1S/C44H70N2O11S/c1-8-13-32-16-19-36(47)29(4)24-33(20-23-46-21-11-10-12-22-46)43(57-44-42(51)40(45-7)41(50)31(6)55-44)30(5)37(48)26-39(49)56-38(9-2)34(25-32)27-54-58(52,53)35-17-14-28(3)15-18-35/h14-19,25,29-31,33-34,37-38,40-45,48,50-51H,8-13,20-24,26-27H2,1-7H3/b19-16+,32-25+. The quantitative estimate of drug-likeness (QED) is 0.157. The Balaban J connectivity index is 1.71. The number of hydrogen-bond acceptors (Lipinski definition) is 13. The van der Waals surface area contributed by atoms with Crippen LogP contribution in [0.5, 0.6) is 0 Å². The van der Waals surface area contributed by atoms with Crippen LogP contribution in [0.25, 0.3) is 0 Å². The lowest BCUT2D eigenvalue weighted by molar-refractivity contribution is -0.296. The molecule has 328 valence electrons. The zero-order valence-corrected chi connectivity index (χ0v) is 36.4. The van der Waals surface area contributed by atoms with Gasteiger partial charge >= 0.3 is 5.97 Å². The Hall–Kier alpha value is -2.53. The Bertz CT molecular complexity index is 1610. The molecule has 12 atom stereocenters. The summed E-state index contributed by atoms with van der Waals surface area (Å²) in [7, 11) is -2.51. The van der Waals surface area contributed by atoms with Gasteiger partial charge in [-0.2, -0.15) is 8.42 Å². The van der Waals surface area contributed by atoms with Crippen molar-refractivity contribution < 1.29 is 51.7 Å². The second kappa shape index (κ2) is 22.9. The van der Waals surface area contributed by atoms with E-state index < -0.39 is 82.8 Å². The van der Waals surface area contributed by atoms with E-state index in [4.69, 9.17) is 18.4 Å². The molecule has 0 aliphatic carbocycles. The Kier molecular flexibility index (Phi) is 19.0. The van der Waals surface area contributed by atoms with Gasteiger partial charge in [-0.25, -0.2) is 0 Å². The van der Waals surface area contributed by atoms with Crippen LogP contribution in [0, 0.1) is 30.6 Å². The molecule has 58 heavy (non-hydrogen) atoms. The summed E-state index contributed by atoms with van der Waals surface area (Å²) in [6.07, 6.45) is 3.95. The van der Waals surface area contributed by atoms with Crippen molar-refractivity contribution in [2.24, 2.45) is 23.7 Å². The molecule has 3 heterocycles. The summed E-state index contributed by atoms with van der Waals surface area (Å²) in [5, 5.41) is 36.9. The Morgan fingerprint density at radius 3 is 2.29 bits per heavy atom. The van der Waals surface area contributed by atoms with Gasteiger partial charge < -0.3 is 39.7 Å². The fraction of sp³-hybridized carbons (Fsp3) is 0.727. The molecule has 4 N–H and O–H groups in total. The molecule has 1 aromatic rings. The molecule has 3 aliphatic rings. The summed E-state index contributed by atoms with van der Waals surface area (Å²) >= 11 is 0. The lowest BCUT2D eigenvalue weighted by Gasteiger charge is -2.45. The number of aryl methyl sites for hydroxylation is 1. The first-order chi connectivity index (χ1) is 27.6. The molecule has 0 aromatic heterocycles. The number of cyclic esters (lactones) is 1. The highest BCUT2D eigenvalue weighted by Gasteiger charge is 2.46. The number of esters is 1. The van der Waals surface area contributed by atoms with Crippen LogP contribution in [0.3, 0.4) is 0 Å². The number of hydrogen-bond donors (Lipinski definition) is 4. The summed E-state index contributed by atoms with van der Waals surface area (Å²) in [5.74, 6) is -2.90. The largest absolute Gasteiger partial charge is 0.462 e. The van der Waals surface area contributed by atoms with Crippen LogP contribution in [0.4, 0.5) is 0 Å². The second-order valence-corrected chi connectivity index (χ2v) is 18.3. The van der Waals surface area contributed by atoms with Gasteiger partial charge in [-0.05, 0) is 103 Å². The summed E-state index contributed by atoms with van der Waals surface area (Å²) in [6.45, 7) is 13.4. The minimum atomic E-state index is -4.15. The van der Waals surface area contributed by atoms with Crippen LogP contribution < -0.4 is 5.32 Å². The van der Waals surface area contributed by atoms with Crippen molar-refractivity contribution in [3.05, 3.63) is 53.6 Å². The highest BCUT2D eigenvalue weighted by molar-refractivity contribution is 7.86. The SMILES string of the molecule is CCCC1=C\C(COS(=O)(=O)c2ccc(C)cc2)C(CC)OC(=O)CC(O)C(C)C(OC2OC(C)C(O)C(NC)C2O)C(CCN2CCCCC2)CC(C)C(=O)\C=C\1. The lowest BCUT2D eigenvalue weighted by atomic mass is 9.79. The summed E-state index contributed by atoms with van der Waals surface area (Å²) in [5.41, 5.74) is 1.68. The third-order valence-electron chi connectivity index (χ3n) is 12.2. The number of rotatable bonds is 13. The number of likely N-dealkylation sites (tertiary alicyclic amines) is 1. The number of aliphatic hydroxyl groups is 3. The third-order valence-corrected chi connectivity index (χ3v) is 13.5. The molecule has 12 unspecified atom stereocenters. The van der Waals surface area contributed by atoms with E-state index in [1.165, 1.54) is 18.6 Å². The van der Waals surface area contributed by atoms with E-state index >= 15 is 0 Å². The fourth-order valence-electron chi connectivity index (χ4n) is 8.44. The average Bonchev–Trinajstić information content (AvgIpc) is 3.20. The van der Waals surface area contributed by atoms with Gasteiger partial charge in [0.25, 0.3) is 10.1 Å². The molecular weight excluding hydrogens is 765 g/mol. The number of ether oxygens (including phenoxy) is 3. The van der Waals surface area contributed by atoms with Gasteiger partial charge in [-0.15, -0.1) is 0 Å². The van der Waals surface area contributed by atoms with E-state index in [2.05, 4.69) is 10.2 Å². The Morgan fingerprint density at radius 2 is 1.66 bits per heavy atom. The molecule has 2 saturated heterocycles. The third kappa shape index (κ3) is 13.5. The van der Waals surface area contributed by atoms with Crippen LogP contribution in [-0.2, 0) is 38.1 Å². The van der Waals surface area contributed by atoms with Crippen molar-refractivity contribution in [3.8, 4) is 0 Å². The minimum Gasteiger partial charge on any atom is -0.462 e. The highest BCUT2D eigenvalue weighted by Crippen LogP contribution is 2.35. The molecule has 13 nitrogen and oxygen atoms in total. The molecule has 2 fully saturated rings. The maximum absolute atomic E-state index is 14.0. The molecule has 3 aliphatic heterocycles. The molecule has 14 heteroatoms. The number of carbonyl (C=O) groups excluding carboxylic acids is 2. The molecule has 4 rings (SSSR count). The molecule has 0 radical (unpaired) electrons. The second-order valence-electron chi connectivity index (χ2n) is 16.7. The Labute approximate surface area is 346 Å². The summed E-state index contributed by atoms with van der Waals surface area (Å²) in [6, 6.07) is 5.60. The van der Waals surface area contributed by atoms with Crippen LogP contribution >= 0.6 is 0 Å². The lowest BCUT2D eigenvalue weighted by Crippen LogP contribution is -2.63. The van der Waals surface area contributed by atoms with Crippen molar-refractivity contribution in [1.29, 1.82) is 0 Å². The van der Waals surface area contributed by atoms with Crippen LogP contribution in [0.1, 0.15) is 98.0 Å². The van der Waals surface area contributed by atoms with Gasteiger partial charge in [0.2, 0.25) is 0 Å². The van der Waals surface area contributed by atoms with Crippen molar-refractivity contribution in [3.63, 3.8) is 0 Å². The maximum atomic E-state index is 14.0. The molecule has 0 bridgehead atoms. The number of aliphatic hydroxyl groups excluding tert-OH is 3. The first-order valence-corrected chi connectivity index (χ1v) is 22.8. The van der Waals surface area contributed by atoms with Crippen molar-refractivity contribution in [1.82, 2.24) is 10.2 Å². The van der Waals surface area contributed by atoms with Crippen molar-refractivity contribution in [2.75, 3.05) is 33.3 Å². The van der Waals surface area contributed by atoms with Crippen LogP contribution in [0.15, 0.2) is 53.0 Å². The minimum absolute atomic E-state index is 0.00923. The molecule has 0 spiro atoms. The smallest absolute Gasteiger partial charge is 0.308 e. The number of nitrogens with zero attached hydrogens (tertiary/aromatic N) is 1. The monoisotopic (exact) mass is 834 g/mol. The fourth-order valence-corrected chi connectivity index (χ4v) is 9.38. The van der Waals surface area contributed by atoms with Gasteiger partial charge in [0.05, 0.1) is 48.4 Å². The maximum Gasteiger partial charge on any atom is 0.308 e. The van der Waals surface area contributed by atoms with Gasteiger partial charge in [-0.1, -0.05) is 76.0 Å². The molecule has 0 saturated carbocycles. The number of piperidine rings is 1. The van der Waals surface area contributed by atoms with Gasteiger partial charge in [0.15, 0.2) is 12.1 Å². The van der Waals surface area contributed by atoms with Crippen LogP contribution in [0.2, 0.25) is 0 Å². The van der Waals surface area contributed by atoms with Gasteiger partial charge in [-0.3, -0.25) is 13.8 Å². The van der Waals surface area contributed by atoms with E-state index in [1.54, 1.807) is 45.2 Å². The summed E-state index contributed by atoms with van der Waals surface area (Å²) in [4.78, 5) is 30.1. The molecular formula is C44H70N2O11S. The predicted octanol–water partition coefficient (Wildman–Crippen LogP) is 4.85. The zero-order valence-electron chi connectivity index (χ0n) is 35.6. The Morgan fingerprint density at radius 1 is 0.966 bits per heavy atom. The van der Waals surface area contributed by atoms with Crippen LogP contribution in [-0.4, -0.2) is 123 Å². The number of allylic oxidation sites excluding steroid dienone is 3. The van der Waals surface area contributed by atoms with Crippen molar-refractivity contribution >= 4 is 21.9 Å². The van der Waals surface area contributed by atoms with Gasteiger partial charge in [0.1, 0.15) is 12.2 Å². The first kappa shape index (κ1) is 48.1. The normalized spacial score (nSPS) is 35.5. The number of likely N-dealkylation sites (N-methyl/N-ethyl adjacent to an activating group) is 1. The van der Waals surface area contributed by atoms with E-state index in [9.17, 15) is 33.3 Å². The first-order valence-electron chi connectivity index (χ1n) is 21.4. The van der Waals surface area contributed by atoms with E-state index in [-0.39, 0.29) is 29.6 Å². The number of carbonyl (C=O) groups is 2. The average molecular weight is 835 g/mol. The number of benzene rings is 1. The van der Waals surface area contributed by atoms with Gasteiger partial charge in [0, 0.05) is 17.8 Å². The highest BCUT2D eigenvalue weighted by atomic mass is 32.2. The molecule has 1 aromatic carbocycles. The number of nitrogens with one attached hydrogen (secondary N) is 1.